The predicted molar refractivity (Wildman–Crippen MR) is 101 cm³/mol. The summed E-state index contributed by atoms with van der Waals surface area (Å²) >= 11 is 0. The van der Waals surface area contributed by atoms with Gasteiger partial charge in [0.15, 0.2) is 5.69 Å². The summed E-state index contributed by atoms with van der Waals surface area (Å²) in [5.41, 5.74) is -0.310. The van der Waals surface area contributed by atoms with E-state index in [4.69, 9.17) is 0 Å². The fourth-order valence-electron chi connectivity index (χ4n) is 2.71. The number of fused-ring (bicyclic) bond motifs is 1. The molecule has 0 aliphatic rings. The van der Waals surface area contributed by atoms with Gasteiger partial charge in [0.25, 0.3) is 11.8 Å². The van der Waals surface area contributed by atoms with Gasteiger partial charge in [0.2, 0.25) is 5.82 Å². The number of benzene rings is 1. The van der Waals surface area contributed by atoms with Crippen molar-refractivity contribution in [2.75, 3.05) is 11.9 Å². The molecule has 0 aliphatic heterocycles. The van der Waals surface area contributed by atoms with Crippen molar-refractivity contribution in [1.82, 2.24) is 14.7 Å². The average molecular weight is 386 g/mol. The summed E-state index contributed by atoms with van der Waals surface area (Å²) < 4.78 is 29.1. The van der Waals surface area contributed by atoms with E-state index in [0.29, 0.717) is 18.0 Å². The van der Waals surface area contributed by atoms with Gasteiger partial charge < -0.3 is 10.6 Å². The smallest absolute Gasteiger partial charge is 0.287 e. The molecule has 2 N–H and O–H groups in total. The second-order valence-corrected chi connectivity index (χ2v) is 6.73. The summed E-state index contributed by atoms with van der Waals surface area (Å²) in [6, 6.07) is 8.25. The highest BCUT2D eigenvalue weighted by molar-refractivity contribution is 6.09. The Morgan fingerprint density at radius 1 is 1.07 bits per heavy atom. The molecular weight excluding hydrogens is 366 g/mol. The molecule has 0 saturated carbocycles. The summed E-state index contributed by atoms with van der Waals surface area (Å²) in [6.07, 6.45) is 2.40. The van der Waals surface area contributed by atoms with Gasteiger partial charge in [-0.1, -0.05) is 26.0 Å². The van der Waals surface area contributed by atoms with E-state index in [1.54, 1.807) is 24.4 Å². The fraction of sp³-hybridized carbons (Fsp3) is 0.250. The van der Waals surface area contributed by atoms with Crippen molar-refractivity contribution in [3.8, 4) is 0 Å². The van der Waals surface area contributed by atoms with Crippen LogP contribution in [0.1, 0.15) is 41.4 Å². The summed E-state index contributed by atoms with van der Waals surface area (Å²) in [5.74, 6) is -2.59. The van der Waals surface area contributed by atoms with Crippen LogP contribution in [0.25, 0.3) is 5.52 Å². The molecule has 0 spiro atoms. The average Bonchev–Trinajstić information content (AvgIpc) is 3.04. The first kappa shape index (κ1) is 19.5. The number of hydrogen-bond acceptors (Lipinski definition) is 3. The van der Waals surface area contributed by atoms with E-state index in [0.717, 1.165) is 18.6 Å². The van der Waals surface area contributed by atoms with E-state index in [2.05, 4.69) is 15.6 Å². The number of imidazole rings is 1. The summed E-state index contributed by atoms with van der Waals surface area (Å²) in [5, 5.41) is 4.97. The molecule has 2 aromatic heterocycles. The molecule has 3 aromatic rings. The van der Waals surface area contributed by atoms with Crippen LogP contribution in [0.5, 0.6) is 0 Å². The van der Waals surface area contributed by atoms with Crippen LogP contribution in [-0.4, -0.2) is 27.7 Å². The van der Waals surface area contributed by atoms with Gasteiger partial charge in [0, 0.05) is 12.7 Å². The molecule has 0 unspecified atom stereocenters. The highest BCUT2D eigenvalue weighted by Gasteiger charge is 2.23. The number of aromatic nitrogens is 2. The largest absolute Gasteiger partial charge is 0.349 e. The number of para-hydroxylation sites is 1. The molecular formula is C20H20F2N4O2. The number of amides is 2. The number of carbonyl (C=O) groups excluding carboxylic acids is 2. The third kappa shape index (κ3) is 4.00. The Morgan fingerprint density at radius 2 is 1.79 bits per heavy atom. The molecule has 2 heterocycles. The minimum Gasteiger partial charge on any atom is -0.349 e. The van der Waals surface area contributed by atoms with Crippen LogP contribution in [-0.2, 0) is 0 Å². The Morgan fingerprint density at radius 3 is 2.46 bits per heavy atom. The fourth-order valence-corrected chi connectivity index (χ4v) is 2.71. The van der Waals surface area contributed by atoms with E-state index in [1.165, 1.54) is 10.5 Å². The molecule has 1 aromatic carbocycles. The third-order valence-electron chi connectivity index (χ3n) is 4.18. The van der Waals surface area contributed by atoms with Gasteiger partial charge in [0.05, 0.1) is 5.52 Å². The zero-order chi connectivity index (χ0) is 20.3. The Kier molecular flexibility index (Phi) is 5.67. The molecule has 3 rings (SSSR count). The lowest BCUT2D eigenvalue weighted by Gasteiger charge is -2.06. The van der Waals surface area contributed by atoms with Crippen LogP contribution in [0.2, 0.25) is 0 Å². The van der Waals surface area contributed by atoms with Crippen molar-refractivity contribution in [1.29, 1.82) is 0 Å². The zero-order valence-corrected chi connectivity index (χ0v) is 15.5. The van der Waals surface area contributed by atoms with Gasteiger partial charge in [-0.25, -0.2) is 13.8 Å². The van der Waals surface area contributed by atoms with Gasteiger partial charge >= 0.3 is 0 Å². The molecule has 0 aliphatic carbocycles. The van der Waals surface area contributed by atoms with Crippen LogP contribution in [0.4, 0.5) is 14.5 Å². The lowest BCUT2D eigenvalue weighted by Crippen LogP contribution is -2.27. The molecule has 0 bridgehead atoms. The Labute approximate surface area is 160 Å². The monoisotopic (exact) mass is 386 g/mol. The quantitative estimate of drug-likeness (QED) is 0.679. The van der Waals surface area contributed by atoms with Gasteiger partial charge in [-0.05, 0) is 36.6 Å². The summed E-state index contributed by atoms with van der Waals surface area (Å²) in [7, 11) is 0. The number of nitrogens with zero attached hydrogens (tertiary/aromatic N) is 2. The number of pyridine rings is 1. The number of carbonyl (C=O) groups is 2. The summed E-state index contributed by atoms with van der Waals surface area (Å²) in [4.78, 5) is 29.3. The molecule has 0 radical (unpaired) electrons. The first-order valence-corrected chi connectivity index (χ1v) is 8.89. The molecule has 28 heavy (non-hydrogen) atoms. The normalized spacial score (nSPS) is 11.0. The lowest BCUT2D eigenvalue weighted by molar-refractivity contribution is 0.0941. The molecule has 0 saturated heterocycles. The lowest BCUT2D eigenvalue weighted by atomic mass is 10.1. The van der Waals surface area contributed by atoms with Gasteiger partial charge in [-0.15, -0.1) is 0 Å². The van der Waals surface area contributed by atoms with Crippen molar-refractivity contribution >= 4 is 23.0 Å². The van der Waals surface area contributed by atoms with Crippen LogP contribution in [0, 0.1) is 17.6 Å². The van der Waals surface area contributed by atoms with E-state index in [9.17, 15) is 18.4 Å². The second kappa shape index (κ2) is 8.16. The van der Waals surface area contributed by atoms with Crippen molar-refractivity contribution in [2.45, 2.75) is 20.3 Å². The topological polar surface area (TPSA) is 75.5 Å². The minimum atomic E-state index is -0.900. The molecule has 0 atom stereocenters. The maximum atomic E-state index is 13.8. The van der Waals surface area contributed by atoms with Crippen LogP contribution < -0.4 is 10.6 Å². The molecule has 6 nitrogen and oxygen atoms in total. The van der Waals surface area contributed by atoms with Gasteiger partial charge in [-0.3, -0.25) is 14.0 Å². The first-order chi connectivity index (χ1) is 13.4. The maximum Gasteiger partial charge on any atom is 0.287 e. The predicted octanol–water partition coefficient (Wildman–Crippen LogP) is 3.64. The number of anilines is 1. The molecule has 0 fully saturated rings. The highest BCUT2D eigenvalue weighted by atomic mass is 19.1. The van der Waals surface area contributed by atoms with Gasteiger partial charge in [-0.2, -0.15) is 0 Å². The molecule has 2 amide bonds. The van der Waals surface area contributed by atoms with E-state index in [1.807, 2.05) is 13.8 Å². The van der Waals surface area contributed by atoms with Crippen molar-refractivity contribution in [3.05, 3.63) is 65.7 Å². The highest BCUT2D eigenvalue weighted by Crippen LogP contribution is 2.20. The van der Waals surface area contributed by atoms with E-state index < -0.39 is 29.1 Å². The van der Waals surface area contributed by atoms with Crippen LogP contribution >= 0.6 is 0 Å². The number of rotatable bonds is 6. The van der Waals surface area contributed by atoms with Crippen LogP contribution in [0.15, 0.2) is 42.6 Å². The van der Waals surface area contributed by atoms with E-state index >= 15 is 0 Å². The Bertz CT molecular complexity index is 1010. The minimum absolute atomic E-state index is 0.0264. The summed E-state index contributed by atoms with van der Waals surface area (Å²) in [6.45, 7) is 4.56. The second-order valence-electron chi connectivity index (χ2n) is 6.73. The van der Waals surface area contributed by atoms with E-state index in [-0.39, 0.29) is 11.5 Å². The standard InChI is InChI=1S/C20H20F2N4O2/c1-12(2)9-10-23-20(28)18-24-17(15-8-3-4-11-26(15)18)19(27)25-16-13(21)6-5-7-14(16)22/h3-8,11-12H,9-10H2,1-2H3,(H,23,28)(H,25,27). The molecule has 8 heteroatoms. The maximum absolute atomic E-state index is 13.8. The molecule has 146 valence electrons. The van der Waals surface area contributed by atoms with Crippen LogP contribution in [0.3, 0.4) is 0 Å². The first-order valence-electron chi connectivity index (χ1n) is 8.89. The third-order valence-corrected chi connectivity index (χ3v) is 4.18. The Hall–Kier alpha value is -3.29. The number of halogens is 2. The SMILES string of the molecule is CC(C)CCNC(=O)c1nc(C(=O)Nc2c(F)cccc2F)c2ccccn12. The van der Waals surface area contributed by atoms with Crippen molar-refractivity contribution in [3.63, 3.8) is 0 Å². The van der Waals surface area contributed by atoms with Crippen molar-refractivity contribution in [2.24, 2.45) is 5.92 Å². The number of nitrogens with one attached hydrogen (secondary N) is 2. The Balaban J connectivity index is 1.91. The number of hydrogen-bond donors (Lipinski definition) is 2. The van der Waals surface area contributed by atoms with Gasteiger partial charge in [0.1, 0.15) is 17.3 Å². The van der Waals surface area contributed by atoms with Crippen molar-refractivity contribution < 1.29 is 18.4 Å². The zero-order valence-electron chi connectivity index (χ0n) is 15.5.